The Labute approximate surface area is 113 Å². The molecule has 6 heteroatoms. The van der Waals surface area contributed by atoms with Crippen LogP contribution < -0.4 is 4.74 Å². The summed E-state index contributed by atoms with van der Waals surface area (Å²) in [4.78, 5) is 24.5. The number of fused-ring (bicyclic) bond motifs is 1. The molecular weight excluding hydrogens is 272 g/mol. The van der Waals surface area contributed by atoms with E-state index in [-0.39, 0.29) is 11.3 Å². The summed E-state index contributed by atoms with van der Waals surface area (Å²) in [6.45, 7) is 0.361. The highest BCUT2D eigenvalue weighted by Gasteiger charge is 2.29. The summed E-state index contributed by atoms with van der Waals surface area (Å²) in [5, 5.41) is 9.23. The molecule has 1 heterocycles. The number of carbonyl (C=O) groups is 2. The van der Waals surface area contributed by atoms with Crippen molar-refractivity contribution < 1.29 is 19.4 Å². The van der Waals surface area contributed by atoms with E-state index in [0.29, 0.717) is 34.1 Å². The normalized spacial score (nSPS) is 14.0. The molecule has 0 amide bonds. The van der Waals surface area contributed by atoms with Gasteiger partial charge in [-0.2, -0.15) is 0 Å². The van der Waals surface area contributed by atoms with Crippen molar-refractivity contribution in [2.45, 2.75) is 16.2 Å². The van der Waals surface area contributed by atoms with Crippen LogP contribution in [0.5, 0.6) is 5.75 Å². The van der Waals surface area contributed by atoms with E-state index in [1.807, 2.05) is 6.26 Å². The highest BCUT2D eigenvalue weighted by atomic mass is 32.2. The second-order valence-electron chi connectivity index (χ2n) is 3.69. The number of carbonyl (C=O) groups excluding carboxylic acids is 1. The minimum Gasteiger partial charge on any atom is -0.491 e. The number of carboxylic acids is 1. The molecule has 0 saturated heterocycles. The molecule has 0 bridgehead atoms. The molecule has 96 valence electrons. The van der Waals surface area contributed by atoms with Crippen molar-refractivity contribution >= 4 is 35.3 Å². The molecule has 0 unspecified atom stereocenters. The third kappa shape index (κ3) is 2.10. The molecule has 1 aromatic carbocycles. The lowest BCUT2D eigenvalue weighted by Crippen LogP contribution is -2.19. The van der Waals surface area contributed by atoms with Crippen LogP contribution in [-0.4, -0.2) is 36.0 Å². The van der Waals surface area contributed by atoms with Crippen LogP contribution in [0.4, 0.5) is 0 Å². The van der Waals surface area contributed by atoms with Crippen LogP contribution in [0.25, 0.3) is 0 Å². The number of rotatable bonds is 3. The highest BCUT2D eigenvalue weighted by Crippen LogP contribution is 2.42. The first-order chi connectivity index (χ1) is 8.60. The molecule has 0 saturated carbocycles. The fourth-order valence-corrected chi connectivity index (χ4v) is 3.27. The molecule has 0 radical (unpaired) electrons. The summed E-state index contributed by atoms with van der Waals surface area (Å²) in [6, 6.07) is 1.58. The fraction of sp³-hybridized carbons (Fsp3) is 0.333. The molecule has 2 rings (SSSR count). The molecule has 1 aromatic rings. The van der Waals surface area contributed by atoms with Crippen molar-refractivity contribution in [3.8, 4) is 5.75 Å². The van der Waals surface area contributed by atoms with Crippen molar-refractivity contribution in [2.24, 2.45) is 0 Å². The monoisotopic (exact) mass is 284 g/mol. The van der Waals surface area contributed by atoms with Gasteiger partial charge in [0.2, 0.25) is 0 Å². The van der Waals surface area contributed by atoms with Gasteiger partial charge in [-0.05, 0) is 18.6 Å². The number of ether oxygens (including phenoxy) is 1. The van der Waals surface area contributed by atoms with E-state index in [9.17, 15) is 14.7 Å². The highest BCUT2D eigenvalue weighted by molar-refractivity contribution is 7.99. The number of benzene rings is 1. The van der Waals surface area contributed by atoms with E-state index in [1.54, 1.807) is 12.3 Å². The van der Waals surface area contributed by atoms with Gasteiger partial charge in [0.1, 0.15) is 5.75 Å². The second kappa shape index (κ2) is 5.24. The van der Waals surface area contributed by atoms with Gasteiger partial charge in [0.15, 0.2) is 5.78 Å². The van der Waals surface area contributed by atoms with Crippen molar-refractivity contribution in [3.05, 3.63) is 17.2 Å². The minimum absolute atomic E-state index is 0.0426. The summed E-state index contributed by atoms with van der Waals surface area (Å²) in [5.74, 6) is -0.525. The number of carboxylic acid groups (broad SMARTS) is 1. The standard InChI is InChI=1S/C12H12O4S2/c1-17-8-5-6(12(14)15)11(18-2)9-7(13)3-4-16-10(8)9/h5H,3-4H2,1-2H3,(H,14,15). The van der Waals surface area contributed by atoms with Crippen molar-refractivity contribution in [3.63, 3.8) is 0 Å². The van der Waals surface area contributed by atoms with Gasteiger partial charge in [-0.25, -0.2) is 4.79 Å². The molecule has 1 aliphatic heterocycles. The zero-order valence-electron chi connectivity index (χ0n) is 9.98. The van der Waals surface area contributed by atoms with Crippen LogP contribution >= 0.6 is 23.5 Å². The number of hydrogen-bond donors (Lipinski definition) is 1. The molecule has 4 nitrogen and oxygen atoms in total. The van der Waals surface area contributed by atoms with Crippen molar-refractivity contribution in [1.82, 2.24) is 0 Å². The van der Waals surface area contributed by atoms with Crippen LogP contribution in [-0.2, 0) is 0 Å². The molecule has 1 N–H and O–H groups in total. The predicted octanol–water partition coefficient (Wildman–Crippen LogP) is 2.79. The maximum absolute atomic E-state index is 12.0. The van der Waals surface area contributed by atoms with Gasteiger partial charge in [-0.1, -0.05) is 0 Å². The number of ketones is 1. The van der Waals surface area contributed by atoms with Crippen molar-refractivity contribution in [1.29, 1.82) is 0 Å². The number of aromatic carboxylic acids is 1. The Hall–Kier alpha value is -1.14. The predicted molar refractivity (Wildman–Crippen MR) is 71.4 cm³/mol. The van der Waals surface area contributed by atoms with Gasteiger partial charge in [0.05, 0.1) is 22.6 Å². The smallest absolute Gasteiger partial charge is 0.336 e. The second-order valence-corrected chi connectivity index (χ2v) is 5.36. The van der Waals surface area contributed by atoms with Crippen LogP contribution in [0, 0.1) is 0 Å². The lowest BCUT2D eigenvalue weighted by molar-refractivity contribution is 0.0692. The lowest BCUT2D eigenvalue weighted by Gasteiger charge is -2.22. The van der Waals surface area contributed by atoms with E-state index in [4.69, 9.17) is 4.74 Å². The van der Waals surface area contributed by atoms with E-state index < -0.39 is 5.97 Å². The first kappa shape index (κ1) is 13.3. The number of hydrogen-bond acceptors (Lipinski definition) is 5. The molecule has 0 aliphatic carbocycles. The fourth-order valence-electron chi connectivity index (χ4n) is 1.91. The Morgan fingerprint density at radius 3 is 2.67 bits per heavy atom. The minimum atomic E-state index is -1.02. The average Bonchev–Trinajstić information content (AvgIpc) is 2.37. The van der Waals surface area contributed by atoms with E-state index in [0.717, 1.165) is 0 Å². The summed E-state index contributed by atoms with van der Waals surface area (Å²) in [6.07, 6.45) is 3.91. The molecule has 0 atom stereocenters. The molecule has 18 heavy (non-hydrogen) atoms. The number of Topliss-reactive ketones (excluding diaryl/α,β-unsaturated/α-hetero) is 1. The molecule has 1 aliphatic rings. The zero-order chi connectivity index (χ0) is 13.3. The Morgan fingerprint density at radius 1 is 1.39 bits per heavy atom. The Kier molecular flexibility index (Phi) is 3.87. The van der Waals surface area contributed by atoms with Gasteiger partial charge in [-0.15, -0.1) is 23.5 Å². The van der Waals surface area contributed by atoms with Gasteiger partial charge in [0.25, 0.3) is 0 Å². The van der Waals surface area contributed by atoms with E-state index >= 15 is 0 Å². The number of thioether (sulfide) groups is 2. The van der Waals surface area contributed by atoms with Crippen LogP contribution in [0.2, 0.25) is 0 Å². The van der Waals surface area contributed by atoms with Gasteiger partial charge in [0, 0.05) is 11.3 Å². The third-order valence-electron chi connectivity index (χ3n) is 2.71. The van der Waals surface area contributed by atoms with E-state index in [2.05, 4.69) is 0 Å². The maximum atomic E-state index is 12.0. The van der Waals surface area contributed by atoms with Crippen LogP contribution in [0.1, 0.15) is 27.1 Å². The molecule has 0 aromatic heterocycles. The quantitative estimate of drug-likeness (QED) is 0.861. The Balaban J connectivity index is 2.77. The lowest BCUT2D eigenvalue weighted by atomic mass is 10.0. The summed E-state index contributed by atoms with van der Waals surface area (Å²) >= 11 is 2.66. The Morgan fingerprint density at radius 2 is 2.11 bits per heavy atom. The van der Waals surface area contributed by atoms with Gasteiger partial charge >= 0.3 is 5.97 Å². The topological polar surface area (TPSA) is 63.6 Å². The van der Waals surface area contributed by atoms with E-state index in [1.165, 1.54) is 23.5 Å². The molecule has 0 spiro atoms. The third-order valence-corrected chi connectivity index (χ3v) is 4.28. The largest absolute Gasteiger partial charge is 0.491 e. The summed E-state index contributed by atoms with van der Waals surface area (Å²) in [5.41, 5.74) is 0.599. The Bertz CT molecular complexity index is 525. The first-order valence-electron chi connectivity index (χ1n) is 5.28. The van der Waals surface area contributed by atoms with Crippen molar-refractivity contribution in [2.75, 3.05) is 19.1 Å². The molecule has 0 fully saturated rings. The summed E-state index contributed by atoms with van der Waals surface area (Å²) < 4.78 is 5.55. The van der Waals surface area contributed by atoms with Gasteiger partial charge in [-0.3, -0.25) is 4.79 Å². The summed E-state index contributed by atoms with van der Waals surface area (Å²) in [7, 11) is 0. The molecular formula is C12H12O4S2. The SMILES string of the molecule is CSc1cc(C(=O)O)c(SC)c2c1OCCC2=O. The average molecular weight is 284 g/mol. The van der Waals surface area contributed by atoms with Crippen LogP contribution in [0.3, 0.4) is 0 Å². The first-order valence-corrected chi connectivity index (χ1v) is 7.73. The maximum Gasteiger partial charge on any atom is 0.336 e. The zero-order valence-corrected chi connectivity index (χ0v) is 11.6. The van der Waals surface area contributed by atoms with Gasteiger partial charge < -0.3 is 9.84 Å². The van der Waals surface area contributed by atoms with Crippen LogP contribution in [0.15, 0.2) is 15.9 Å².